The Bertz CT molecular complexity index is 367. The minimum atomic E-state index is -0.918. The molecule has 1 aliphatic heterocycles. The smallest absolute Gasteiger partial charge is 0.327 e. The van der Waals surface area contributed by atoms with Crippen molar-refractivity contribution in [1.29, 1.82) is 0 Å². The maximum Gasteiger partial charge on any atom is 0.327 e. The number of piperidine rings is 1. The van der Waals surface area contributed by atoms with Crippen LogP contribution in [0.2, 0.25) is 0 Å². The number of carbonyl (C=O) groups excluding carboxylic acids is 1. The van der Waals surface area contributed by atoms with Crippen molar-refractivity contribution in [3.8, 4) is 0 Å². The van der Waals surface area contributed by atoms with Gasteiger partial charge in [-0.15, -0.1) is 0 Å². The van der Waals surface area contributed by atoms with Crippen molar-refractivity contribution in [3.63, 3.8) is 0 Å². The average molecular weight is 299 g/mol. The topological polar surface area (TPSA) is 72.9 Å². The molecule has 0 aromatic rings. The van der Waals surface area contributed by atoms with Gasteiger partial charge in [0.1, 0.15) is 6.04 Å². The molecule has 1 heterocycles. The average Bonchev–Trinajstić information content (AvgIpc) is 2.41. The molecule has 122 valence electrons. The van der Waals surface area contributed by atoms with Gasteiger partial charge >= 0.3 is 12.0 Å². The minimum absolute atomic E-state index is 0.262. The fourth-order valence-corrected chi connectivity index (χ4v) is 3.04. The van der Waals surface area contributed by atoms with E-state index < -0.39 is 12.0 Å². The molecule has 0 radical (unpaired) electrons. The Balaban J connectivity index is 2.61. The van der Waals surface area contributed by atoms with Crippen LogP contribution in [0.3, 0.4) is 0 Å². The first-order chi connectivity index (χ1) is 9.83. The molecule has 0 aromatic heterocycles. The number of carboxylic acids is 1. The van der Waals surface area contributed by atoms with E-state index in [-0.39, 0.29) is 11.4 Å². The van der Waals surface area contributed by atoms with Crippen molar-refractivity contribution >= 4 is 12.0 Å². The predicted molar refractivity (Wildman–Crippen MR) is 82.3 cm³/mol. The number of urea groups is 1. The Kier molecular flexibility index (Phi) is 6.45. The number of aliphatic carboxylic acids is 1. The maximum absolute atomic E-state index is 12.3. The first kappa shape index (κ1) is 17.8. The summed E-state index contributed by atoms with van der Waals surface area (Å²) in [7, 11) is 0. The van der Waals surface area contributed by atoms with Gasteiger partial charge in [0.25, 0.3) is 0 Å². The van der Waals surface area contributed by atoms with E-state index in [0.29, 0.717) is 13.1 Å². The van der Waals surface area contributed by atoms with Crippen LogP contribution >= 0.6 is 0 Å². The fourth-order valence-electron chi connectivity index (χ4n) is 3.04. The highest BCUT2D eigenvalue weighted by Gasteiger charge is 2.44. The van der Waals surface area contributed by atoms with Crippen molar-refractivity contribution in [1.82, 2.24) is 15.1 Å². The monoisotopic (exact) mass is 299 g/mol. The van der Waals surface area contributed by atoms with Gasteiger partial charge in [-0.3, -0.25) is 0 Å². The van der Waals surface area contributed by atoms with Crippen LogP contribution in [0, 0.1) is 5.41 Å². The molecule has 21 heavy (non-hydrogen) atoms. The number of likely N-dealkylation sites (N-methyl/N-ethyl adjacent to an activating group) is 1. The van der Waals surface area contributed by atoms with E-state index in [0.717, 1.165) is 32.5 Å². The molecule has 1 fully saturated rings. The highest BCUT2D eigenvalue weighted by Crippen LogP contribution is 2.35. The second kappa shape index (κ2) is 7.64. The Morgan fingerprint density at radius 2 is 1.95 bits per heavy atom. The highest BCUT2D eigenvalue weighted by molar-refractivity contribution is 5.83. The number of nitrogens with one attached hydrogen (secondary N) is 1. The Hall–Kier alpha value is -1.30. The first-order valence-electron chi connectivity index (χ1n) is 7.83. The van der Waals surface area contributed by atoms with Gasteiger partial charge in [-0.05, 0) is 31.3 Å². The summed E-state index contributed by atoms with van der Waals surface area (Å²) in [5.74, 6) is -0.918. The summed E-state index contributed by atoms with van der Waals surface area (Å²) in [5.41, 5.74) is -0.389. The summed E-state index contributed by atoms with van der Waals surface area (Å²) in [6.07, 6.45) is 1.67. The summed E-state index contributed by atoms with van der Waals surface area (Å²) in [4.78, 5) is 27.5. The standard InChI is InChI=1S/C15H29N3O3/c1-5-17(6-2)11-9-16-14(21)18-10-7-8-15(3,4)12(18)13(19)20/h12H,5-11H2,1-4H3,(H,16,21)(H,19,20). The van der Waals surface area contributed by atoms with Crippen LogP contribution in [0.25, 0.3) is 0 Å². The van der Waals surface area contributed by atoms with Gasteiger partial charge in [0.15, 0.2) is 0 Å². The molecule has 1 atom stereocenters. The normalized spacial score (nSPS) is 21.4. The van der Waals surface area contributed by atoms with Gasteiger partial charge in [-0.25, -0.2) is 9.59 Å². The molecule has 0 spiro atoms. The third kappa shape index (κ3) is 4.59. The quantitative estimate of drug-likeness (QED) is 0.781. The zero-order valence-corrected chi connectivity index (χ0v) is 13.7. The molecule has 1 aliphatic rings. The summed E-state index contributed by atoms with van der Waals surface area (Å²) < 4.78 is 0. The van der Waals surface area contributed by atoms with Crippen LogP contribution in [-0.2, 0) is 4.79 Å². The zero-order valence-electron chi connectivity index (χ0n) is 13.7. The van der Waals surface area contributed by atoms with E-state index in [4.69, 9.17) is 0 Å². The van der Waals surface area contributed by atoms with Gasteiger partial charge in [0, 0.05) is 19.6 Å². The van der Waals surface area contributed by atoms with Crippen LogP contribution in [0.5, 0.6) is 0 Å². The Morgan fingerprint density at radius 1 is 1.33 bits per heavy atom. The van der Waals surface area contributed by atoms with Gasteiger partial charge < -0.3 is 20.2 Å². The van der Waals surface area contributed by atoms with E-state index in [1.807, 2.05) is 13.8 Å². The second-order valence-electron chi connectivity index (χ2n) is 6.29. The zero-order chi connectivity index (χ0) is 16.0. The number of carboxylic acid groups (broad SMARTS) is 1. The number of carbonyl (C=O) groups is 2. The molecule has 0 aromatic carbocycles. The number of rotatable bonds is 6. The van der Waals surface area contributed by atoms with E-state index in [1.165, 1.54) is 4.90 Å². The van der Waals surface area contributed by atoms with E-state index >= 15 is 0 Å². The van der Waals surface area contributed by atoms with Gasteiger partial charge in [0.05, 0.1) is 0 Å². The molecular weight excluding hydrogens is 270 g/mol. The van der Waals surface area contributed by atoms with E-state index in [1.54, 1.807) is 0 Å². The lowest BCUT2D eigenvalue weighted by molar-refractivity contribution is -0.148. The van der Waals surface area contributed by atoms with Crippen LogP contribution in [0.1, 0.15) is 40.5 Å². The van der Waals surface area contributed by atoms with Crippen molar-refractivity contribution in [2.45, 2.75) is 46.6 Å². The van der Waals surface area contributed by atoms with Crippen molar-refractivity contribution in [2.24, 2.45) is 5.41 Å². The van der Waals surface area contributed by atoms with Gasteiger partial charge in [-0.2, -0.15) is 0 Å². The number of likely N-dealkylation sites (tertiary alicyclic amines) is 1. The summed E-state index contributed by atoms with van der Waals surface area (Å²) in [6.45, 7) is 11.7. The fraction of sp³-hybridized carbons (Fsp3) is 0.867. The number of amides is 2. The van der Waals surface area contributed by atoms with Crippen molar-refractivity contribution in [3.05, 3.63) is 0 Å². The molecular formula is C15H29N3O3. The molecule has 0 bridgehead atoms. The largest absolute Gasteiger partial charge is 0.480 e. The Labute approximate surface area is 127 Å². The molecule has 2 N–H and O–H groups in total. The third-order valence-electron chi connectivity index (χ3n) is 4.37. The van der Waals surface area contributed by atoms with E-state index in [9.17, 15) is 14.7 Å². The van der Waals surface area contributed by atoms with Crippen LogP contribution in [-0.4, -0.2) is 65.7 Å². The highest BCUT2D eigenvalue weighted by atomic mass is 16.4. The second-order valence-corrected chi connectivity index (χ2v) is 6.29. The van der Waals surface area contributed by atoms with E-state index in [2.05, 4.69) is 24.1 Å². The molecule has 6 nitrogen and oxygen atoms in total. The van der Waals surface area contributed by atoms with Crippen molar-refractivity contribution < 1.29 is 14.7 Å². The molecule has 1 unspecified atom stereocenters. The minimum Gasteiger partial charge on any atom is -0.480 e. The Morgan fingerprint density at radius 3 is 2.48 bits per heavy atom. The van der Waals surface area contributed by atoms with Crippen molar-refractivity contribution in [2.75, 3.05) is 32.7 Å². The first-order valence-corrected chi connectivity index (χ1v) is 7.83. The third-order valence-corrected chi connectivity index (χ3v) is 4.37. The van der Waals surface area contributed by atoms with Crippen LogP contribution in [0.15, 0.2) is 0 Å². The van der Waals surface area contributed by atoms with Gasteiger partial charge in [0.2, 0.25) is 0 Å². The van der Waals surface area contributed by atoms with Gasteiger partial charge in [-0.1, -0.05) is 27.7 Å². The SMILES string of the molecule is CCN(CC)CCNC(=O)N1CCCC(C)(C)C1C(=O)O. The predicted octanol–water partition coefficient (Wildman–Crippen LogP) is 1.61. The summed E-state index contributed by atoms with van der Waals surface area (Å²) in [6, 6.07) is -1.01. The molecule has 0 saturated carbocycles. The lowest BCUT2D eigenvalue weighted by Crippen LogP contribution is -2.59. The molecule has 6 heteroatoms. The van der Waals surface area contributed by atoms with Crippen LogP contribution < -0.4 is 5.32 Å². The number of nitrogens with zero attached hydrogens (tertiary/aromatic N) is 2. The summed E-state index contributed by atoms with van der Waals surface area (Å²) >= 11 is 0. The number of hydrogen-bond donors (Lipinski definition) is 2. The lowest BCUT2D eigenvalue weighted by atomic mass is 9.76. The van der Waals surface area contributed by atoms with Crippen LogP contribution in [0.4, 0.5) is 4.79 Å². The summed E-state index contributed by atoms with van der Waals surface area (Å²) in [5, 5.41) is 12.3. The molecule has 1 rings (SSSR count). The maximum atomic E-state index is 12.3. The lowest BCUT2D eigenvalue weighted by Gasteiger charge is -2.43. The molecule has 1 saturated heterocycles. The molecule has 2 amide bonds. The number of hydrogen-bond acceptors (Lipinski definition) is 3. The molecule has 0 aliphatic carbocycles.